The molecule has 2 heterocycles. The van der Waals surface area contributed by atoms with Gasteiger partial charge in [-0.15, -0.1) is 0 Å². The molecule has 2 rings (SSSR count). The highest BCUT2D eigenvalue weighted by atomic mass is 16.2. The van der Waals surface area contributed by atoms with E-state index in [-0.39, 0.29) is 11.5 Å². The maximum absolute atomic E-state index is 12.1. The standard InChI is InChI=1S/C15H16N4O3/c1-8-12(10(3)20)9(2)17-13(8)15(22)19-18-14(21)11-4-6-16-7-5-11/h4-7,17H,1-3H3,(H,18,21)(H,19,22). The second kappa shape index (κ2) is 6.21. The molecule has 0 saturated heterocycles. The molecule has 0 saturated carbocycles. The van der Waals surface area contributed by atoms with Gasteiger partial charge in [-0.05, 0) is 38.5 Å². The lowest BCUT2D eigenvalue weighted by molar-refractivity contribution is 0.0843. The summed E-state index contributed by atoms with van der Waals surface area (Å²) in [4.78, 5) is 42.2. The van der Waals surface area contributed by atoms with Crippen molar-refractivity contribution in [1.82, 2.24) is 20.8 Å². The molecule has 0 unspecified atom stereocenters. The van der Waals surface area contributed by atoms with Crippen molar-refractivity contribution in [2.45, 2.75) is 20.8 Å². The lowest BCUT2D eigenvalue weighted by Crippen LogP contribution is -2.42. The topological polar surface area (TPSA) is 104 Å². The van der Waals surface area contributed by atoms with Gasteiger partial charge in [0, 0.05) is 29.2 Å². The molecule has 0 aliphatic rings. The summed E-state index contributed by atoms with van der Waals surface area (Å²) in [6.07, 6.45) is 2.96. The van der Waals surface area contributed by atoms with E-state index in [1.54, 1.807) is 13.8 Å². The highest BCUT2D eigenvalue weighted by molar-refractivity contribution is 6.03. The van der Waals surface area contributed by atoms with E-state index in [9.17, 15) is 14.4 Å². The van der Waals surface area contributed by atoms with Crippen LogP contribution in [0, 0.1) is 13.8 Å². The van der Waals surface area contributed by atoms with Gasteiger partial charge < -0.3 is 4.98 Å². The van der Waals surface area contributed by atoms with Gasteiger partial charge in [0.15, 0.2) is 5.78 Å². The Morgan fingerprint density at radius 2 is 1.64 bits per heavy atom. The smallest absolute Gasteiger partial charge is 0.286 e. The molecule has 2 aromatic heterocycles. The van der Waals surface area contributed by atoms with Gasteiger partial charge in [0.2, 0.25) is 0 Å². The molecule has 2 aromatic rings. The zero-order valence-electron chi connectivity index (χ0n) is 12.5. The Morgan fingerprint density at radius 3 is 2.18 bits per heavy atom. The number of nitrogens with zero attached hydrogens (tertiary/aromatic N) is 1. The first-order valence-electron chi connectivity index (χ1n) is 6.62. The van der Waals surface area contributed by atoms with Crippen LogP contribution in [0.4, 0.5) is 0 Å². The molecule has 22 heavy (non-hydrogen) atoms. The Kier molecular flexibility index (Phi) is 4.36. The molecular weight excluding hydrogens is 284 g/mol. The fourth-order valence-corrected chi connectivity index (χ4v) is 2.26. The zero-order chi connectivity index (χ0) is 16.3. The Labute approximate surface area is 127 Å². The van der Waals surface area contributed by atoms with Crippen molar-refractivity contribution in [3.05, 3.63) is 52.6 Å². The Hall–Kier alpha value is -2.96. The number of pyridine rings is 1. The van der Waals surface area contributed by atoms with Gasteiger partial charge >= 0.3 is 0 Å². The zero-order valence-corrected chi connectivity index (χ0v) is 12.5. The van der Waals surface area contributed by atoms with Crippen LogP contribution in [0.3, 0.4) is 0 Å². The lowest BCUT2D eigenvalue weighted by Gasteiger charge is -2.07. The molecule has 7 heteroatoms. The molecule has 0 aliphatic carbocycles. The number of hydrogen-bond acceptors (Lipinski definition) is 4. The number of hydrogen-bond donors (Lipinski definition) is 3. The van der Waals surface area contributed by atoms with Crippen molar-refractivity contribution < 1.29 is 14.4 Å². The number of aromatic nitrogens is 2. The second-order valence-corrected chi connectivity index (χ2v) is 4.83. The Balaban J connectivity index is 2.09. The van der Waals surface area contributed by atoms with E-state index in [2.05, 4.69) is 20.8 Å². The summed E-state index contributed by atoms with van der Waals surface area (Å²) in [5.74, 6) is -1.09. The van der Waals surface area contributed by atoms with E-state index in [0.717, 1.165) is 0 Å². The molecule has 2 amide bonds. The number of carbonyl (C=O) groups is 3. The van der Waals surface area contributed by atoms with Crippen molar-refractivity contribution >= 4 is 17.6 Å². The number of amides is 2. The number of aromatic amines is 1. The second-order valence-electron chi connectivity index (χ2n) is 4.83. The summed E-state index contributed by atoms with van der Waals surface area (Å²) in [6, 6.07) is 3.05. The molecular formula is C15H16N4O3. The minimum absolute atomic E-state index is 0.119. The number of hydrazine groups is 1. The summed E-state index contributed by atoms with van der Waals surface area (Å²) in [6.45, 7) is 4.84. The first kappa shape index (κ1) is 15.4. The van der Waals surface area contributed by atoms with Crippen LogP contribution in [-0.2, 0) is 0 Å². The van der Waals surface area contributed by atoms with Crippen molar-refractivity contribution in [2.75, 3.05) is 0 Å². The van der Waals surface area contributed by atoms with Crippen molar-refractivity contribution in [2.24, 2.45) is 0 Å². The van der Waals surface area contributed by atoms with E-state index >= 15 is 0 Å². The van der Waals surface area contributed by atoms with E-state index in [4.69, 9.17) is 0 Å². The van der Waals surface area contributed by atoms with Gasteiger partial charge in [0.1, 0.15) is 5.69 Å². The molecule has 7 nitrogen and oxygen atoms in total. The number of rotatable bonds is 3. The predicted octanol–water partition coefficient (Wildman–Crippen LogP) is 1.30. The van der Waals surface area contributed by atoms with Gasteiger partial charge in [-0.25, -0.2) is 0 Å². The van der Waals surface area contributed by atoms with Crippen molar-refractivity contribution in [1.29, 1.82) is 0 Å². The molecule has 0 fully saturated rings. The predicted molar refractivity (Wildman–Crippen MR) is 79.4 cm³/mol. The summed E-state index contributed by atoms with van der Waals surface area (Å²) in [7, 11) is 0. The van der Waals surface area contributed by atoms with Crippen LogP contribution in [0.15, 0.2) is 24.5 Å². The summed E-state index contributed by atoms with van der Waals surface area (Å²) in [5, 5.41) is 0. The van der Waals surface area contributed by atoms with E-state index in [1.807, 2.05) is 0 Å². The third kappa shape index (κ3) is 3.03. The number of Topliss-reactive ketones (excluding diaryl/α,β-unsaturated/α-hetero) is 1. The Bertz CT molecular complexity index is 735. The molecule has 0 aromatic carbocycles. The van der Waals surface area contributed by atoms with Crippen molar-refractivity contribution in [3.8, 4) is 0 Å². The molecule has 0 radical (unpaired) electrons. The fraction of sp³-hybridized carbons (Fsp3) is 0.200. The van der Waals surface area contributed by atoms with Crippen LogP contribution in [0.1, 0.15) is 49.4 Å². The third-order valence-electron chi connectivity index (χ3n) is 3.25. The maximum Gasteiger partial charge on any atom is 0.286 e. The minimum Gasteiger partial charge on any atom is -0.354 e. The number of aryl methyl sites for hydroxylation is 1. The van der Waals surface area contributed by atoms with Crippen LogP contribution in [0.2, 0.25) is 0 Å². The molecule has 0 atom stereocenters. The van der Waals surface area contributed by atoms with Gasteiger partial charge in [0.05, 0.1) is 0 Å². The average molecular weight is 300 g/mol. The van der Waals surface area contributed by atoms with E-state index in [0.29, 0.717) is 22.4 Å². The highest BCUT2D eigenvalue weighted by Gasteiger charge is 2.20. The number of ketones is 1. The summed E-state index contributed by atoms with van der Waals surface area (Å²) in [5.41, 5.74) is 6.92. The van der Waals surface area contributed by atoms with Gasteiger partial charge in [0.25, 0.3) is 11.8 Å². The monoisotopic (exact) mass is 300 g/mol. The minimum atomic E-state index is -0.518. The van der Waals surface area contributed by atoms with Crippen LogP contribution in [0.5, 0.6) is 0 Å². The lowest BCUT2D eigenvalue weighted by atomic mass is 10.1. The third-order valence-corrected chi connectivity index (χ3v) is 3.25. The average Bonchev–Trinajstić information content (AvgIpc) is 2.80. The summed E-state index contributed by atoms with van der Waals surface area (Å²) < 4.78 is 0. The molecule has 0 spiro atoms. The maximum atomic E-state index is 12.1. The normalized spacial score (nSPS) is 10.1. The van der Waals surface area contributed by atoms with Gasteiger partial charge in [-0.3, -0.25) is 30.2 Å². The number of carbonyl (C=O) groups excluding carboxylic acids is 3. The van der Waals surface area contributed by atoms with Gasteiger partial charge in [-0.2, -0.15) is 0 Å². The molecule has 3 N–H and O–H groups in total. The first-order valence-corrected chi connectivity index (χ1v) is 6.62. The molecule has 114 valence electrons. The molecule has 0 bridgehead atoms. The van der Waals surface area contributed by atoms with Crippen LogP contribution < -0.4 is 10.9 Å². The quantitative estimate of drug-likeness (QED) is 0.587. The van der Waals surface area contributed by atoms with Crippen LogP contribution >= 0.6 is 0 Å². The van der Waals surface area contributed by atoms with Crippen LogP contribution in [0.25, 0.3) is 0 Å². The highest BCUT2D eigenvalue weighted by Crippen LogP contribution is 2.18. The number of nitrogens with one attached hydrogen (secondary N) is 3. The Morgan fingerprint density at radius 1 is 1.05 bits per heavy atom. The summed E-state index contributed by atoms with van der Waals surface area (Å²) >= 11 is 0. The van der Waals surface area contributed by atoms with Crippen molar-refractivity contribution in [3.63, 3.8) is 0 Å². The number of H-pyrrole nitrogens is 1. The van der Waals surface area contributed by atoms with Gasteiger partial charge in [-0.1, -0.05) is 0 Å². The largest absolute Gasteiger partial charge is 0.354 e. The first-order chi connectivity index (χ1) is 10.4. The van der Waals surface area contributed by atoms with E-state index < -0.39 is 11.8 Å². The molecule has 0 aliphatic heterocycles. The van der Waals surface area contributed by atoms with E-state index in [1.165, 1.54) is 31.5 Å². The fourth-order valence-electron chi connectivity index (χ4n) is 2.26. The van der Waals surface area contributed by atoms with Crippen LogP contribution in [-0.4, -0.2) is 27.6 Å². The SMILES string of the molecule is CC(=O)c1c(C)[nH]c(C(=O)NNC(=O)c2ccncc2)c1C.